The zero-order chi connectivity index (χ0) is 48.1. The van der Waals surface area contributed by atoms with Gasteiger partial charge in [-0.15, -0.1) is 0 Å². The highest BCUT2D eigenvalue weighted by Crippen LogP contribution is 2.72. The largest absolute Gasteiger partial charge is 0.469 e. The van der Waals surface area contributed by atoms with Crippen molar-refractivity contribution in [1.82, 2.24) is 0 Å². The molecule has 8 aliphatic rings. The number of hydrogen-bond acceptors (Lipinski definition) is 13. The second-order valence-corrected chi connectivity index (χ2v) is 22.2. The van der Waals surface area contributed by atoms with Crippen LogP contribution in [0.1, 0.15) is 118 Å². The summed E-state index contributed by atoms with van der Waals surface area (Å²) in [4.78, 5) is 53.0. The van der Waals surface area contributed by atoms with Crippen LogP contribution in [0.3, 0.4) is 0 Å². The minimum atomic E-state index is -1.09. The number of unbranched alkanes of at least 4 members (excludes halogenated alkanes) is 1. The number of rotatable bonds is 14. The third-order valence-corrected chi connectivity index (χ3v) is 18.7. The summed E-state index contributed by atoms with van der Waals surface area (Å²) in [5.74, 6) is -1.34. The van der Waals surface area contributed by atoms with Crippen LogP contribution in [0.2, 0.25) is 0 Å². The number of carbonyl (C=O) groups excluding carboxylic acids is 4. The van der Waals surface area contributed by atoms with Crippen LogP contribution in [0.4, 0.5) is 0 Å². The Labute approximate surface area is 395 Å². The molecule has 3 heterocycles. The highest BCUT2D eigenvalue weighted by molar-refractivity contribution is 6.00. The molecule has 0 amide bonds. The second-order valence-electron chi connectivity index (χ2n) is 22.2. The first kappa shape index (κ1) is 48.2. The summed E-state index contributed by atoms with van der Waals surface area (Å²) >= 11 is 0. The molecule has 0 radical (unpaired) electrons. The van der Waals surface area contributed by atoms with Crippen LogP contribution in [-0.4, -0.2) is 105 Å². The van der Waals surface area contributed by atoms with Crippen LogP contribution in [0.25, 0.3) is 0 Å². The first-order valence-corrected chi connectivity index (χ1v) is 24.8. The molecule has 9 rings (SSSR count). The van der Waals surface area contributed by atoms with E-state index in [1.54, 1.807) is 19.4 Å². The summed E-state index contributed by atoms with van der Waals surface area (Å²) in [6.45, 7) is 16.7. The fourth-order valence-electron chi connectivity index (χ4n) is 15.3. The Balaban J connectivity index is 0.950. The van der Waals surface area contributed by atoms with Crippen molar-refractivity contribution in [2.75, 3.05) is 34.0 Å². The van der Waals surface area contributed by atoms with Gasteiger partial charge in [0.05, 0.1) is 56.7 Å². The van der Waals surface area contributed by atoms with Gasteiger partial charge >= 0.3 is 17.9 Å². The smallest absolute Gasteiger partial charge is 0.316 e. The molecule has 1 aromatic heterocycles. The number of aliphatic hydroxyl groups is 2. The Bertz CT molecular complexity index is 2300. The van der Waals surface area contributed by atoms with Crippen molar-refractivity contribution in [3.05, 3.63) is 69.7 Å². The first-order chi connectivity index (χ1) is 31.8. The van der Waals surface area contributed by atoms with E-state index in [9.17, 15) is 29.4 Å². The third kappa shape index (κ3) is 7.24. The molecule has 1 aromatic rings. The number of carbonyl (C=O) groups is 4. The van der Waals surface area contributed by atoms with Gasteiger partial charge in [-0.3, -0.25) is 19.2 Å². The summed E-state index contributed by atoms with van der Waals surface area (Å²) in [5, 5.41) is 24.3. The lowest BCUT2D eigenvalue weighted by Crippen LogP contribution is -2.66. The van der Waals surface area contributed by atoms with Gasteiger partial charge in [0.25, 0.3) is 0 Å². The molecule has 2 N–H and O–H groups in total. The summed E-state index contributed by atoms with van der Waals surface area (Å²) in [6, 6.07) is 2.04. The van der Waals surface area contributed by atoms with Crippen molar-refractivity contribution in [2.45, 2.75) is 149 Å². The van der Waals surface area contributed by atoms with E-state index in [0.29, 0.717) is 38.9 Å². The van der Waals surface area contributed by atoms with Crippen LogP contribution in [0, 0.1) is 57.2 Å². The van der Waals surface area contributed by atoms with Gasteiger partial charge in [0, 0.05) is 72.5 Å². The molecular weight excluding hydrogens is 857 g/mol. The van der Waals surface area contributed by atoms with Crippen molar-refractivity contribution in [2.24, 2.45) is 57.2 Å². The van der Waals surface area contributed by atoms with Crippen LogP contribution in [0.5, 0.6) is 0 Å². The quantitative estimate of drug-likeness (QED) is 0.0822. The van der Waals surface area contributed by atoms with Gasteiger partial charge in [0.2, 0.25) is 0 Å². The highest BCUT2D eigenvalue weighted by atomic mass is 16.6. The van der Waals surface area contributed by atoms with Gasteiger partial charge in [-0.2, -0.15) is 0 Å². The number of fused-ring (bicyclic) bond motifs is 6. The van der Waals surface area contributed by atoms with E-state index in [2.05, 4.69) is 33.8 Å². The standard InChI is InChI=1S/C54H72O13/c1-27(25-65-30(4)55)34-22-41(57)52(6)24-36-31(26-61-9)14-15-32(36)29(3)45(59)46(44(34)52)64-19-12-11-13-37-33(17-20-63-37)35-21-38-43(28(35)2)54(8)39(23-42(58)62-10)53(7)40(56)16-18-51(5)48(53)47(49(54)66-38)67-50(51)60/h16-18,20,24,27,29,31-32,35,38-39,41,45-49,57,59H,11-15,19,21-23,25-26H2,1-10H3/b36-24-/t27-,29-,31-,32+,35-,38-,39-,41+,45-,46-,47-,48?,49-,51-,52+,53+,54-/m1/s1. The van der Waals surface area contributed by atoms with Gasteiger partial charge in [0.15, 0.2) is 5.78 Å². The topological polar surface area (TPSA) is 177 Å². The van der Waals surface area contributed by atoms with Gasteiger partial charge in [0.1, 0.15) is 24.1 Å². The average molecular weight is 929 g/mol. The van der Waals surface area contributed by atoms with E-state index < -0.39 is 70.0 Å². The van der Waals surface area contributed by atoms with Crippen molar-refractivity contribution < 1.29 is 62.2 Å². The van der Waals surface area contributed by atoms with Gasteiger partial charge in [-0.1, -0.05) is 56.6 Å². The summed E-state index contributed by atoms with van der Waals surface area (Å²) in [6.07, 6.45) is 8.54. The van der Waals surface area contributed by atoms with E-state index >= 15 is 0 Å². The fraction of sp³-hybridized carbons (Fsp3) is 0.704. The monoisotopic (exact) mass is 928 g/mol. The predicted molar refractivity (Wildman–Crippen MR) is 245 cm³/mol. The molecule has 2 saturated heterocycles. The van der Waals surface area contributed by atoms with E-state index in [1.807, 2.05) is 26.8 Å². The lowest BCUT2D eigenvalue weighted by molar-refractivity contribution is -0.190. The highest BCUT2D eigenvalue weighted by Gasteiger charge is 2.78. The number of aliphatic hydroxyl groups excluding tert-OH is 2. The van der Waals surface area contributed by atoms with Gasteiger partial charge < -0.3 is 43.1 Å². The number of aryl methyl sites for hydroxylation is 1. The van der Waals surface area contributed by atoms with Crippen molar-refractivity contribution in [1.29, 1.82) is 0 Å². The number of ether oxygens (including phenoxy) is 6. The molecule has 6 aliphatic carbocycles. The Morgan fingerprint density at radius 2 is 1.78 bits per heavy atom. The minimum Gasteiger partial charge on any atom is -0.469 e. The zero-order valence-electron chi connectivity index (χ0n) is 41.1. The SMILES string of the molecule is COC[C@H]1CC[C@@H]2/C1=C\[C@]1(C)C(=C([C@H](C)COC(C)=O)C[C@@H]1O)[C@@H](OCCCCc1occc1[C@@H]1C[C@H]3O[C@@H]4[C@@H]5OC(=O)[C@]6(C)C=CC(=O)[C@@](C)(C56)[C@@H](CC(=O)OC)[C@]4(C)C3=C1C)[C@H](O)[C@@H]2C. The molecule has 366 valence electrons. The molecule has 67 heavy (non-hydrogen) atoms. The number of methoxy groups -OCH3 is 2. The molecule has 2 saturated carbocycles. The Morgan fingerprint density at radius 3 is 2.49 bits per heavy atom. The molecule has 13 heteroatoms. The molecule has 4 fully saturated rings. The number of ketones is 1. The van der Waals surface area contributed by atoms with E-state index in [0.717, 1.165) is 52.9 Å². The number of hydrogen-bond donors (Lipinski definition) is 2. The molecule has 0 bridgehead atoms. The van der Waals surface area contributed by atoms with Crippen molar-refractivity contribution in [3.8, 4) is 0 Å². The maximum atomic E-state index is 14.2. The maximum Gasteiger partial charge on any atom is 0.316 e. The zero-order valence-corrected chi connectivity index (χ0v) is 41.1. The summed E-state index contributed by atoms with van der Waals surface area (Å²) in [5.41, 5.74) is 2.70. The van der Waals surface area contributed by atoms with E-state index in [4.69, 9.17) is 32.8 Å². The van der Waals surface area contributed by atoms with E-state index in [-0.39, 0.29) is 66.4 Å². The Kier molecular flexibility index (Phi) is 12.6. The molecular formula is C54H72O13. The normalized spacial score (nSPS) is 42.8. The Morgan fingerprint density at radius 1 is 1.01 bits per heavy atom. The number of esters is 3. The molecule has 1 unspecified atom stereocenters. The third-order valence-electron chi connectivity index (χ3n) is 18.7. The lowest BCUT2D eigenvalue weighted by Gasteiger charge is -2.59. The molecule has 0 spiro atoms. The maximum absolute atomic E-state index is 14.2. The van der Waals surface area contributed by atoms with Crippen LogP contribution >= 0.6 is 0 Å². The van der Waals surface area contributed by atoms with Crippen molar-refractivity contribution in [3.63, 3.8) is 0 Å². The number of furan rings is 1. The predicted octanol–water partition coefficient (Wildman–Crippen LogP) is 7.33. The van der Waals surface area contributed by atoms with E-state index in [1.165, 1.54) is 25.7 Å². The number of allylic oxidation sites excluding steroid dienone is 2. The first-order valence-electron chi connectivity index (χ1n) is 24.8. The van der Waals surface area contributed by atoms with Crippen LogP contribution in [-0.2, 0) is 54.0 Å². The lowest BCUT2D eigenvalue weighted by atomic mass is 9.42. The second kappa shape index (κ2) is 17.5. The van der Waals surface area contributed by atoms with Gasteiger partial charge in [-0.05, 0) is 100 Å². The summed E-state index contributed by atoms with van der Waals surface area (Å²) in [7, 11) is 3.09. The van der Waals surface area contributed by atoms with Crippen molar-refractivity contribution >= 4 is 23.7 Å². The minimum absolute atomic E-state index is 0.000672. The fourth-order valence-corrected chi connectivity index (χ4v) is 15.3. The molecule has 2 aliphatic heterocycles. The van der Waals surface area contributed by atoms with Crippen LogP contribution < -0.4 is 0 Å². The molecule has 17 atom stereocenters. The Hall–Kier alpha value is -3.88. The molecule has 13 nitrogen and oxygen atoms in total. The average Bonchev–Trinajstić information content (AvgIpc) is 4.13. The van der Waals surface area contributed by atoms with Crippen LogP contribution in [0.15, 0.2) is 62.8 Å². The molecule has 0 aromatic carbocycles. The summed E-state index contributed by atoms with van der Waals surface area (Å²) < 4.78 is 42.7. The van der Waals surface area contributed by atoms with Gasteiger partial charge in [-0.25, -0.2) is 0 Å².